The van der Waals surface area contributed by atoms with Crippen LogP contribution in [0.15, 0.2) is 72.8 Å². The van der Waals surface area contributed by atoms with Crippen molar-refractivity contribution in [1.82, 2.24) is 0 Å². The number of fused-ring (bicyclic) bond motifs is 2. The molecule has 0 aromatic heterocycles. The number of halogens is 1. The first kappa shape index (κ1) is 17.4. The van der Waals surface area contributed by atoms with Crippen LogP contribution >= 0.6 is 11.6 Å². The van der Waals surface area contributed by atoms with Crippen molar-refractivity contribution in [3.8, 4) is 0 Å². The average Bonchev–Trinajstić information content (AvgIpc) is 2.69. The van der Waals surface area contributed by atoms with Crippen LogP contribution < -0.4 is 10.6 Å². The van der Waals surface area contributed by atoms with E-state index in [-0.39, 0.29) is 5.91 Å². The molecule has 0 fully saturated rings. The number of amides is 1. The van der Waals surface area contributed by atoms with Gasteiger partial charge in [-0.3, -0.25) is 4.79 Å². The van der Waals surface area contributed by atoms with Crippen molar-refractivity contribution in [3.05, 3.63) is 83.4 Å². The molecule has 0 unspecified atom stereocenters. The SMILES string of the molecule is CC(=O)Nc1ccc(NCc2c3ccccc3c(Cl)c3ccccc23)cc1. The third-order valence-electron chi connectivity index (χ3n) is 4.65. The molecule has 0 saturated carbocycles. The summed E-state index contributed by atoms with van der Waals surface area (Å²) in [6, 6.07) is 24.2. The average molecular weight is 375 g/mol. The number of carbonyl (C=O) groups excluding carboxylic acids is 1. The van der Waals surface area contributed by atoms with Gasteiger partial charge in [0.15, 0.2) is 0 Å². The van der Waals surface area contributed by atoms with Crippen LogP contribution in [-0.2, 0) is 11.3 Å². The zero-order valence-electron chi connectivity index (χ0n) is 14.9. The Morgan fingerprint density at radius 3 is 1.78 bits per heavy atom. The summed E-state index contributed by atoms with van der Waals surface area (Å²) in [5.41, 5.74) is 3.00. The molecule has 0 spiro atoms. The van der Waals surface area contributed by atoms with Gasteiger partial charge in [-0.2, -0.15) is 0 Å². The van der Waals surface area contributed by atoms with E-state index in [1.807, 2.05) is 48.5 Å². The minimum absolute atomic E-state index is 0.0742. The molecule has 1 amide bonds. The van der Waals surface area contributed by atoms with Gasteiger partial charge in [-0.05, 0) is 40.6 Å². The first-order chi connectivity index (χ1) is 13.1. The van der Waals surface area contributed by atoms with Crippen LogP contribution in [-0.4, -0.2) is 5.91 Å². The topological polar surface area (TPSA) is 41.1 Å². The largest absolute Gasteiger partial charge is 0.381 e. The van der Waals surface area contributed by atoms with E-state index >= 15 is 0 Å². The Balaban J connectivity index is 1.70. The van der Waals surface area contributed by atoms with Gasteiger partial charge in [0, 0.05) is 35.6 Å². The number of nitrogens with one attached hydrogen (secondary N) is 2. The molecular weight excluding hydrogens is 356 g/mol. The van der Waals surface area contributed by atoms with E-state index in [9.17, 15) is 4.79 Å². The fourth-order valence-corrected chi connectivity index (χ4v) is 3.75. The lowest BCUT2D eigenvalue weighted by atomic mass is 9.96. The van der Waals surface area contributed by atoms with Gasteiger partial charge in [0.05, 0.1) is 5.02 Å². The highest BCUT2D eigenvalue weighted by Crippen LogP contribution is 2.36. The Morgan fingerprint density at radius 2 is 1.26 bits per heavy atom. The van der Waals surface area contributed by atoms with Crippen LogP contribution in [0.5, 0.6) is 0 Å². The lowest BCUT2D eigenvalue weighted by Gasteiger charge is -2.15. The molecular formula is C23H19ClN2O. The first-order valence-electron chi connectivity index (χ1n) is 8.83. The van der Waals surface area contributed by atoms with Crippen molar-refractivity contribution in [2.75, 3.05) is 10.6 Å². The van der Waals surface area contributed by atoms with Gasteiger partial charge < -0.3 is 10.6 Å². The maximum Gasteiger partial charge on any atom is 0.221 e. The Labute approximate surface area is 163 Å². The number of carbonyl (C=O) groups is 1. The first-order valence-corrected chi connectivity index (χ1v) is 9.20. The summed E-state index contributed by atoms with van der Waals surface area (Å²) in [5.74, 6) is -0.0742. The molecule has 3 nitrogen and oxygen atoms in total. The van der Waals surface area contributed by atoms with Gasteiger partial charge in [0.1, 0.15) is 0 Å². The van der Waals surface area contributed by atoms with E-state index in [1.165, 1.54) is 12.5 Å². The molecule has 4 heteroatoms. The zero-order chi connectivity index (χ0) is 18.8. The minimum atomic E-state index is -0.0742. The van der Waals surface area contributed by atoms with Crippen LogP contribution in [0.4, 0.5) is 11.4 Å². The standard InChI is InChI=1S/C23H19ClN2O/c1-15(27)26-17-12-10-16(11-13-17)25-14-22-18-6-2-4-8-20(18)23(24)21-9-5-3-7-19(21)22/h2-13,25H,14H2,1H3,(H,26,27). The van der Waals surface area contributed by atoms with Gasteiger partial charge in [-0.1, -0.05) is 60.1 Å². The molecule has 4 aromatic rings. The normalized spacial score (nSPS) is 10.9. The number of rotatable bonds is 4. The number of hydrogen-bond donors (Lipinski definition) is 2. The fourth-order valence-electron chi connectivity index (χ4n) is 3.42. The molecule has 0 saturated heterocycles. The monoisotopic (exact) mass is 374 g/mol. The molecule has 27 heavy (non-hydrogen) atoms. The Morgan fingerprint density at radius 1 is 0.778 bits per heavy atom. The van der Waals surface area contributed by atoms with Gasteiger partial charge in [-0.25, -0.2) is 0 Å². The fraction of sp³-hybridized carbons (Fsp3) is 0.0870. The predicted octanol–water partition coefficient (Wildman–Crippen LogP) is 6.22. The molecule has 0 aliphatic carbocycles. The van der Waals surface area contributed by atoms with E-state index < -0.39 is 0 Å². The van der Waals surface area contributed by atoms with Crippen LogP contribution in [0.2, 0.25) is 5.02 Å². The maximum absolute atomic E-state index is 11.1. The smallest absolute Gasteiger partial charge is 0.221 e. The number of anilines is 2. The van der Waals surface area contributed by atoms with Crippen LogP contribution in [0.3, 0.4) is 0 Å². The van der Waals surface area contributed by atoms with Crippen LogP contribution in [0.25, 0.3) is 21.5 Å². The number of benzene rings is 4. The summed E-state index contributed by atoms with van der Waals surface area (Å²) >= 11 is 6.67. The van der Waals surface area contributed by atoms with E-state index in [2.05, 4.69) is 34.9 Å². The van der Waals surface area contributed by atoms with Crippen LogP contribution in [0.1, 0.15) is 12.5 Å². The second-order valence-electron chi connectivity index (χ2n) is 6.50. The Bertz CT molecular complexity index is 1080. The third kappa shape index (κ3) is 3.46. The molecule has 0 radical (unpaired) electrons. The lowest BCUT2D eigenvalue weighted by molar-refractivity contribution is -0.114. The summed E-state index contributed by atoms with van der Waals surface area (Å²) in [6.07, 6.45) is 0. The molecule has 0 aliphatic heterocycles. The minimum Gasteiger partial charge on any atom is -0.381 e. The second kappa shape index (κ2) is 7.29. The van der Waals surface area contributed by atoms with E-state index in [0.717, 1.165) is 37.9 Å². The highest BCUT2D eigenvalue weighted by molar-refractivity contribution is 6.41. The van der Waals surface area contributed by atoms with E-state index in [0.29, 0.717) is 6.54 Å². The Hall–Kier alpha value is -3.04. The van der Waals surface area contributed by atoms with Crippen molar-refractivity contribution in [3.63, 3.8) is 0 Å². The molecule has 0 heterocycles. The quantitative estimate of drug-likeness (QED) is 0.416. The molecule has 0 bridgehead atoms. The summed E-state index contributed by atoms with van der Waals surface area (Å²) in [6.45, 7) is 2.18. The van der Waals surface area contributed by atoms with Crippen LogP contribution in [0, 0.1) is 0 Å². The van der Waals surface area contributed by atoms with Crippen molar-refractivity contribution in [2.24, 2.45) is 0 Å². The third-order valence-corrected chi connectivity index (χ3v) is 5.06. The Kier molecular flexibility index (Phi) is 4.69. The zero-order valence-corrected chi connectivity index (χ0v) is 15.7. The molecule has 4 aromatic carbocycles. The maximum atomic E-state index is 11.1. The van der Waals surface area contributed by atoms with Gasteiger partial charge >= 0.3 is 0 Å². The highest BCUT2D eigenvalue weighted by atomic mass is 35.5. The van der Waals surface area contributed by atoms with Crippen molar-refractivity contribution in [1.29, 1.82) is 0 Å². The van der Waals surface area contributed by atoms with E-state index in [1.54, 1.807) is 0 Å². The molecule has 0 atom stereocenters. The van der Waals surface area contributed by atoms with E-state index in [4.69, 9.17) is 11.6 Å². The molecule has 4 rings (SSSR count). The predicted molar refractivity (Wildman–Crippen MR) is 115 cm³/mol. The summed E-state index contributed by atoms with van der Waals surface area (Å²) in [4.78, 5) is 11.1. The van der Waals surface area contributed by atoms with Gasteiger partial charge in [0.2, 0.25) is 5.91 Å². The van der Waals surface area contributed by atoms with Gasteiger partial charge in [-0.15, -0.1) is 0 Å². The lowest BCUT2D eigenvalue weighted by Crippen LogP contribution is -2.06. The highest BCUT2D eigenvalue weighted by Gasteiger charge is 2.12. The summed E-state index contributed by atoms with van der Waals surface area (Å²) in [7, 11) is 0. The van der Waals surface area contributed by atoms with Gasteiger partial charge in [0.25, 0.3) is 0 Å². The second-order valence-corrected chi connectivity index (χ2v) is 6.87. The summed E-state index contributed by atoms with van der Waals surface area (Å²) in [5, 5.41) is 11.5. The molecule has 0 aliphatic rings. The van der Waals surface area contributed by atoms with Crippen molar-refractivity contribution >= 4 is 50.4 Å². The molecule has 134 valence electrons. The summed E-state index contributed by atoms with van der Waals surface area (Å²) < 4.78 is 0. The van der Waals surface area contributed by atoms with Crippen molar-refractivity contribution < 1.29 is 4.79 Å². The van der Waals surface area contributed by atoms with Crippen molar-refractivity contribution in [2.45, 2.75) is 13.5 Å². The number of hydrogen-bond acceptors (Lipinski definition) is 2. The molecule has 2 N–H and O–H groups in total.